The highest BCUT2D eigenvalue weighted by molar-refractivity contribution is 7.27. The van der Waals surface area contributed by atoms with Gasteiger partial charge in [0, 0.05) is 9.75 Å². The maximum absolute atomic E-state index is 2.23. The Morgan fingerprint density at radius 1 is 1.00 bits per heavy atom. The van der Waals surface area contributed by atoms with Crippen molar-refractivity contribution in [2.24, 2.45) is 14.1 Å². The molecule has 0 atom stereocenters. The maximum Gasteiger partial charge on any atom is 0.244 e. The Balaban J connectivity index is 2.11. The van der Waals surface area contributed by atoms with E-state index in [1.807, 2.05) is 34.0 Å². The molecule has 4 aromatic heterocycles. The molecule has 0 aromatic carbocycles. The zero-order valence-corrected chi connectivity index (χ0v) is 13.6. The van der Waals surface area contributed by atoms with Gasteiger partial charge in [-0.15, -0.1) is 34.0 Å². The van der Waals surface area contributed by atoms with E-state index in [1.54, 1.807) is 0 Å². The van der Waals surface area contributed by atoms with Crippen LogP contribution in [-0.4, -0.2) is 4.57 Å². The predicted molar refractivity (Wildman–Crippen MR) is 88.6 cm³/mol. The molecule has 0 aliphatic rings. The lowest BCUT2D eigenvalue weighted by molar-refractivity contribution is -0.645. The van der Waals surface area contributed by atoms with Gasteiger partial charge in [0.1, 0.15) is 0 Å². The third-order valence-electron chi connectivity index (χ3n) is 3.40. The van der Waals surface area contributed by atoms with E-state index in [0.717, 1.165) is 0 Å². The van der Waals surface area contributed by atoms with E-state index in [4.69, 9.17) is 0 Å². The van der Waals surface area contributed by atoms with E-state index in [0.29, 0.717) is 0 Å². The van der Waals surface area contributed by atoms with E-state index in [9.17, 15) is 0 Å². The quantitative estimate of drug-likeness (QED) is 0.481. The van der Waals surface area contributed by atoms with Crippen LogP contribution >= 0.6 is 34.0 Å². The fourth-order valence-electron chi connectivity index (χ4n) is 2.59. The molecular weight excluding hydrogens is 304 g/mol. The molecule has 0 aliphatic heterocycles. The molecule has 20 heavy (non-hydrogen) atoms. The van der Waals surface area contributed by atoms with Crippen LogP contribution in [0.15, 0.2) is 41.4 Å². The average Bonchev–Trinajstić information content (AvgIpc) is 3.17. The standard InChI is InChI=1S/C15H13N2S3/c1-16-9-17(2)13-12(16)14(10-5-3-7-18-10)20-15(13)11-6-4-8-19-11/h3-9H,1-2H3/q+1. The fraction of sp³-hybridized carbons (Fsp3) is 0.133. The van der Waals surface area contributed by atoms with E-state index < -0.39 is 0 Å². The van der Waals surface area contributed by atoms with Crippen LogP contribution in [0.2, 0.25) is 0 Å². The Morgan fingerprint density at radius 3 is 2.25 bits per heavy atom. The van der Waals surface area contributed by atoms with Crippen LogP contribution in [-0.2, 0) is 14.1 Å². The van der Waals surface area contributed by atoms with Gasteiger partial charge in [-0.25, -0.2) is 9.13 Å². The summed E-state index contributed by atoms with van der Waals surface area (Å²) in [5.41, 5.74) is 2.67. The Bertz CT molecular complexity index is 795. The summed E-state index contributed by atoms with van der Waals surface area (Å²) in [7, 11) is 4.26. The highest BCUT2D eigenvalue weighted by Gasteiger charge is 2.25. The average molecular weight is 317 g/mol. The molecule has 0 bridgehead atoms. The number of aromatic nitrogens is 2. The molecule has 5 heteroatoms. The number of nitrogens with zero attached hydrogens (tertiary/aromatic N) is 2. The summed E-state index contributed by atoms with van der Waals surface area (Å²) in [4.78, 5) is 5.46. The van der Waals surface area contributed by atoms with E-state index >= 15 is 0 Å². The van der Waals surface area contributed by atoms with Crippen LogP contribution in [0.3, 0.4) is 0 Å². The molecule has 0 unspecified atom stereocenters. The van der Waals surface area contributed by atoms with Gasteiger partial charge in [0.05, 0.1) is 23.8 Å². The summed E-state index contributed by atoms with van der Waals surface area (Å²) in [6, 6.07) is 8.67. The van der Waals surface area contributed by atoms with Crippen LogP contribution < -0.4 is 4.57 Å². The minimum atomic E-state index is 1.34. The Morgan fingerprint density at radius 2 is 1.65 bits per heavy atom. The number of aryl methyl sites for hydroxylation is 2. The molecule has 0 spiro atoms. The lowest BCUT2D eigenvalue weighted by Gasteiger charge is -1.92. The molecule has 4 aromatic rings. The van der Waals surface area contributed by atoms with Gasteiger partial charge in [-0.1, -0.05) is 12.1 Å². The zero-order chi connectivity index (χ0) is 13.7. The maximum atomic E-state index is 2.23. The Kier molecular flexibility index (Phi) is 2.80. The topological polar surface area (TPSA) is 8.81 Å². The molecule has 0 amide bonds. The van der Waals surface area contributed by atoms with Gasteiger partial charge < -0.3 is 0 Å². The summed E-state index contributed by atoms with van der Waals surface area (Å²) in [5, 5.41) is 4.29. The first-order chi connectivity index (χ1) is 9.75. The van der Waals surface area contributed by atoms with Gasteiger partial charge in [0.15, 0.2) is 11.0 Å². The van der Waals surface area contributed by atoms with Gasteiger partial charge in [0.2, 0.25) is 6.33 Å². The van der Waals surface area contributed by atoms with Crippen molar-refractivity contribution in [3.05, 3.63) is 41.4 Å². The van der Waals surface area contributed by atoms with Crippen LogP contribution in [0.5, 0.6) is 0 Å². The first-order valence-corrected chi connectivity index (χ1v) is 8.88. The van der Waals surface area contributed by atoms with Crippen molar-refractivity contribution >= 4 is 45.0 Å². The van der Waals surface area contributed by atoms with Crippen LogP contribution in [0, 0.1) is 0 Å². The number of thiophene rings is 3. The lowest BCUT2D eigenvalue weighted by atomic mass is 10.3. The highest BCUT2D eigenvalue weighted by Crippen LogP contribution is 2.45. The highest BCUT2D eigenvalue weighted by atomic mass is 32.1. The Labute approximate surface area is 129 Å². The molecule has 0 saturated heterocycles. The van der Waals surface area contributed by atoms with Gasteiger partial charge in [-0.05, 0) is 22.9 Å². The van der Waals surface area contributed by atoms with E-state index in [1.165, 1.54) is 30.5 Å². The summed E-state index contributed by atoms with van der Waals surface area (Å²) in [5.74, 6) is 0. The third kappa shape index (κ3) is 1.70. The molecule has 0 radical (unpaired) electrons. The van der Waals surface area contributed by atoms with Crippen LogP contribution in [0.25, 0.3) is 30.5 Å². The second kappa shape index (κ2) is 4.55. The van der Waals surface area contributed by atoms with Gasteiger partial charge in [-0.2, -0.15) is 0 Å². The molecule has 2 nitrogen and oxygen atoms in total. The SMILES string of the molecule is Cn1c[n+](C)c2c(-c3cccs3)sc(-c3cccs3)c21. The normalized spacial score (nSPS) is 11.5. The molecule has 0 N–H and O–H groups in total. The molecular formula is C15H13N2S3+. The fourth-order valence-corrected chi connectivity index (χ4v) is 5.68. The Hall–Kier alpha value is -1.43. The van der Waals surface area contributed by atoms with Gasteiger partial charge in [0.25, 0.3) is 0 Å². The van der Waals surface area contributed by atoms with Crippen molar-refractivity contribution in [1.82, 2.24) is 4.57 Å². The van der Waals surface area contributed by atoms with Crippen molar-refractivity contribution in [3.8, 4) is 19.5 Å². The minimum absolute atomic E-state index is 1.34. The van der Waals surface area contributed by atoms with Gasteiger partial charge >= 0.3 is 0 Å². The summed E-state index contributed by atoms with van der Waals surface area (Å²) < 4.78 is 4.47. The summed E-state index contributed by atoms with van der Waals surface area (Å²) in [6.07, 6.45) is 2.16. The van der Waals surface area contributed by atoms with Crippen molar-refractivity contribution in [1.29, 1.82) is 0 Å². The molecule has 4 heterocycles. The second-order valence-electron chi connectivity index (χ2n) is 4.75. The number of fused-ring (bicyclic) bond motifs is 1. The predicted octanol–water partition coefficient (Wildman–Crippen LogP) is 4.52. The summed E-state index contributed by atoms with van der Waals surface area (Å²) >= 11 is 5.52. The first kappa shape index (κ1) is 12.3. The summed E-state index contributed by atoms with van der Waals surface area (Å²) in [6.45, 7) is 0. The number of imidazole rings is 1. The smallest absolute Gasteiger partial charge is 0.231 e. The van der Waals surface area contributed by atoms with Crippen LogP contribution in [0.1, 0.15) is 0 Å². The van der Waals surface area contributed by atoms with Crippen molar-refractivity contribution < 1.29 is 4.57 Å². The zero-order valence-electron chi connectivity index (χ0n) is 11.2. The largest absolute Gasteiger partial charge is 0.244 e. The molecule has 100 valence electrons. The molecule has 4 rings (SSSR count). The third-order valence-corrected chi connectivity index (χ3v) is 6.67. The number of hydrogen-bond acceptors (Lipinski definition) is 3. The minimum Gasteiger partial charge on any atom is -0.231 e. The monoisotopic (exact) mass is 317 g/mol. The van der Waals surface area contributed by atoms with E-state index in [-0.39, 0.29) is 0 Å². The number of hydrogen-bond donors (Lipinski definition) is 0. The molecule has 0 aliphatic carbocycles. The first-order valence-electron chi connectivity index (χ1n) is 6.31. The van der Waals surface area contributed by atoms with Gasteiger partial charge in [-0.3, -0.25) is 0 Å². The molecule has 0 saturated carbocycles. The molecule has 0 fully saturated rings. The van der Waals surface area contributed by atoms with Crippen molar-refractivity contribution in [3.63, 3.8) is 0 Å². The number of rotatable bonds is 2. The van der Waals surface area contributed by atoms with E-state index in [2.05, 4.69) is 64.6 Å². The van der Waals surface area contributed by atoms with Crippen molar-refractivity contribution in [2.45, 2.75) is 0 Å². The second-order valence-corrected chi connectivity index (χ2v) is 7.67. The van der Waals surface area contributed by atoms with Crippen molar-refractivity contribution in [2.75, 3.05) is 0 Å². The lowest BCUT2D eigenvalue weighted by Crippen LogP contribution is -2.25. The van der Waals surface area contributed by atoms with Crippen LogP contribution in [0.4, 0.5) is 0 Å².